The van der Waals surface area contributed by atoms with Crippen molar-refractivity contribution in [2.75, 3.05) is 4.90 Å². The van der Waals surface area contributed by atoms with Crippen LogP contribution in [0.25, 0.3) is 5.76 Å². The third-order valence-corrected chi connectivity index (χ3v) is 6.80. The van der Waals surface area contributed by atoms with Gasteiger partial charge in [-0.05, 0) is 42.7 Å². The number of nitrogens with one attached hydrogen (secondary N) is 1. The third kappa shape index (κ3) is 3.83. The lowest BCUT2D eigenvalue weighted by Crippen LogP contribution is -2.42. The number of ketones is 1. The maximum absolute atomic E-state index is 13.4. The van der Waals surface area contributed by atoms with Gasteiger partial charge >= 0.3 is 0 Å². The molecule has 2 N–H and O–H groups in total. The number of carbonyl (C=O) groups excluding carboxylic acids is 1. The summed E-state index contributed by atoms with van der Waals surface area (Å²) in [5, 5.41) is 20.8. The average molecular weight is 499 g/mol. The molecule has 33 heavy (non-hydrogen) atoms. The van der Waals surface area contributed by atoms with Gasteiger partial charge in [0.05, 0.1) is 0 Å². The average Bonchev–Trinajstić information content (AvgIpc) is 2.85. The van der Waals surface area contributed by atoms with Crippen molar-refractivity contribution in [1.29, 1.82) is 5.41 Å². The molecule has 4 nitrogen and oxygen atoms in total. The van der Waals surface area contributed by atoms with Crippen LogP contribution in [0.4, 0.5) is 5.69 Å². The maximum Gasteiger partial charge on any atom is 0.161 e. The zero-order chi connectivity index (χ0) is 22.9. The van der Waals surface area contributed by atoms with E-state index in [0.29, 0.717) is 29.6 Å². The number of Topliss-reactive ketones (excluding diaryl/α,β-unsaturated/α-hetero) is 1. The van der Waals surface area contributed by atoms with Crippen LogP contribution in [0.1, 0.15) is 36.3 Å². The van der Waals surface area contributed by atoms with Gasteiger partial charge in [-0.3, -0.25) is 15.1 Å². The number of halogens is 1. The largest absolute Gasteiger partial charge is 0.507 e. The summed E-state index contributed by atoms with van der Waals surface area (Å²) in [7, 11) is 0. The van der Waals surface area contributed by atoms with Gasteiger partial charge in [-0.25, -0.2) is 0 Å². The minimum atomic E-state index is -0.506. The molecule has 3 aromatic carbocycles. The molecule has 0 radical (unpaired) electrons. The van der Waals surface area contributed by atoms with E-state index < -0.39 is 5.92 Å². The van der Waals surface area contributed by atoms with Crippen LogP contribution in [0.15, 0.2) is 106 Å². The van der Waals surface area contributed by atoms with Crippen molar-refractivity contribution >= 4 is 39.0 Å². The lowest BCUT2D eigenvalue weighted by atomic mass is 9.73. The summed E-state index contributed by atoms with van der Waals surface area (Å²) in [6, 6.07) is 26.7. The van der Waals surface area contributed by atoms with Crippen LogP contribution in [0, 0.1) is 5.41 Å². The minimum Gasteiger partial charge on any atom is -0.507 e. The summed E-state index contributed by atoms with van der Waals surface area (Å²) in [5.74, 6) is -0.201. The first-order valence-corrected chi connectivity index (χ1v) is 11.8. The summed E-state index contributed by atoms with van der Waals surface area (Å²) in [6.45, 7) is 0. The quantitative estimate of drug-likeness (QED) is 0.381. The number of allylic oxidation sites excluding steroid dienone is 2. The van der Waals surface area contributed by atoms with Crippen molar-refractivity contribution in [3.63, 3.8) is 0 Å². The van der Waals surface area contributed by atoms with Crippen LogP contribution in [0.5, 0.6) is 0 Å². The molecule has 0 amide bonds. The molecule has 1 atom stereocenters. The second-order valence-electron chi connectivity index (χ2n) is 8.27. The first-order valence-electron chi connectivity index (χ1n) is 11.0. The van der Waals surface area contributed by atoms with E-state index >= 15 is 0 Å². The van der Waals surface area contributed by atoms with Crippen molar-refractivity contribution in [2.45, 2.75) is 25.2 Å². The molecule has 1 aliphatic carbocycles. The van der Waals surface area contributed by atoms with Gasteiger partial charge in [0.15, 0.2) is 5.78 Å². The Bertz CT molecular complexity index is 1280. The number of para-hydroxylation sites is 1. The molecule has 5 rings (SSSR count). The highest BCUT2D eigenvalue weighted by Gasteiger charge is 2.43. The number of rotatable bonds is 3. The van der Waals surface area contributed by atoms with Crippen LogP contribution in [-0.4, -0.2) is 16.7 Å². The molecule has 0 saturated heterocycles. The third-order valence-electron chi connectivity index (χ3n) is 6.27. The number of nitrogens with zero attached hydrogens (tertiary/aromatic N) is 1. The molecule has 0 spiro atoms. The second kappa shape index (κ2) is 8.83. The van der Waals surface area contributed by atoms with Gasteiger partial charge in [-0.1, -0.05) is 76.6 Å². The molecule has 2 aliphatic rings. The zero-order valence-electron chi connectivity index (χ0n) is 18.0. The fourth-order valence-corrected chi connectivity index (χ4v) is 5.06. The molecule has 0 aromatic heterocycles. The Kier molecular flexibility index (Phi) is 5.73. The highest BCUT2D eigenvalue weighted by atomic mass is 79.9. The summed E-state index contributed by atoms with van der Waals surface area (Å²) >= 11 is 3.49. The standard InChI is InChI=1S/C28H23BrN2O2/c29-20-16-14-18(15-17-20)24-25-22(12-7-13-23(25)32)31(21-10-5-2-6-11-21)28(30)26(24)27(33)19-8-3-1-4-9-19/h1-6,8-11,14-17,24,30,33H,7,12-13H2/t24-/m1/s1. The minimum absolute atomic E-state index is 0.0272. The maximum atomic E-state index is 13.4. The Balaban J connectivity index is 1.83. The van der Waals surface area contributed by atoms with E-state index in [4.69, 9.17) is 0 Å². The van der Waals surface area contributed by atoms with Crippen molar-refractivity contribution < 1.29 is 9.90 Å². The van der Waals surface area contributed by atoms with Crippen LogP contribution in [0.3, 0.4) is 0 Å². The van der Waals surface area contributed by atoms with Gasteiger partial charge in [0.25, 0.3) is 0 Å². The molecule has 1 heterocycles. The molecule has 164 valence electrons. The fraction of sp³-hybridized carbons (Fsp3) is 0.143. The number of hydrogen-bond acceptors (Lipinski definition) is 3. The first-order chi connectivity index (χ1) is 16.1. The molecular weight excluding hydrogens is 476 g/mol. The van der Waals surface area contributed by atoms with E-state index in [0.717, 1.165) is 27.8 Å². The normalized spacial score (nSPS) is 20.0. The Morgan fingerprint density at radius 2 is 1.55 bits per heavy atom. The highest BCUT2D eigenvalue weighted by Crippen LogP contribution is 2.47. The van der Waals surface area contributed by atoms with Crippen molar-refractivity contribution in [3.05, 3.63) is 117 Å². The Hall–Kier alpha value is -3.44. The number of hydrogen-bond donors (Lipinski definition) is 2. The van der Waals surface area contributed by atoms with E-state index in [1.165, 1.54) is 0 Å². The number of aliphatic hydroxyl groups excluding tert-OH is 1. The van der Waals surface area contributed by atoms with Crippen LogP contribution >= 0.6 is 15.9 Å². The molecule has 3 aromatic rings. The second-order valence-corrected chi connectivity index (χ2v) is 9.19. The van der Waals surface area contributed by atoms with E-state index in [2.05, 4.69) is 15.9 Å². The molecule has 5 heteroatoms. The molecular formula is C28H23BrN2O2. The monoisotopic (exact) mass is 498 g/mol. The predicted octanol–water partition coefficient (Wildman–Crippen LogP) is 7.01. The van der Waals surface area contributed by atoms with Crippen LogP contribution in [-0.2, 0) is 4.79 Å². The molecule has 0 fully saturated rings. The molecule has 0 saturated carbocycles. The van der Waals surface area contributed by atoms with Crippen molar-refractivity contribution in [2.24, 2.45) is 0 Å². The van der Waals surface area contributed by atoms with Gasteiger partial charge in [0, 0.05) is 44.9 Å². The Morgan fingerprint density at radius 1 is 0.909 bits per heavy atom. The van der Waals surface area contributed by atoms with Gasteiger partial charge in [0.1, 0.15) is 11.6 Å². The molecule has 1 aliphatic heterocycles. The smallest absolute Gasteiger partial charge is 0.161 e. The van der Waals surface area contributed by atoms with Gasteiger partial charge < -0.3 is 5.11 Å². The summed E-state index contributed by atoms with van der Waals surface area (Å²) in [4.78, 5) is 15.2. The summed E-state index contributed by atoms with van der Waals surface area (Å²) in [5.41, 5.74) is 4.31. The topological polar surface area (TPSA) is 64.4 Å². The van der Waals surface area contributed by atoms with Gasteiger partial charge in [0.2, 0.25) is 0 Å². The van der Waals surface area contributed by atoms with Gasteiger partial charge in [-0.2, -0.15) is 0 Å². The van der Waals surface area contributed by atoms with Gasteiger partial charge in [-0.15, -0.1) is 0 Å². The molecule has 0 unspecified atom stereocenters. The number of anilines is 1. The zero-order valence-corrected chi connectivity index (χ0v) is 19.5. The van der Waals surface area contributed by atoms with E-state index in [-0.39, 0.29) is 17.4 Å². The van der Waals surface area contributed by atoms with E-state index in [9.17, 15) is 15.3 Å². The van der Waals surface area contributed by atoms with Crippen molar-refractivity contribution in [3.8, 4) is 0 Å². The Morgan fingerprint density at radius 3 is 2.21 bits per heavy atom. The van der Waals surface area contributed by atoms with Crippen LogP contribution < -0.4 is 4.90 Å². The fourth-order valence-electron chi connectivity index (χ4n) is 4.79. The SMILES string of the molecule is N=C1C(=C(O)c2ccccc2)[C@H](c2ccc(Br)cc2)C2=C(CCCC2=O)N1c1ccccc1. The highest BCUT2D eigenvalue weighted by molar-refractivity contribution is 9.10. The lowest BCUT2D eigenvalue weighted by molar-refractivity contribution is -0.116. The van der Waals surface area contributed by atoms with E-state index in [1.54, 1.807) is 0 Å². The number of amidine groups is 1. The molecule has 0 bridgehead atoms. The van der Waals surface area contributed by atoms with Crippen molar-refractivity contribution in [1.82, 2.24) is 0 Å². The predicted molar refractivity (Wildman–Crippen MR) is 135 cm³/mol. The van der Waals surface area contributed by atoms with E-state index in [1.807, 2.05) is 89.8 Å². The number of carbonyl (C=O) groups is 1. The lowest BCUT2D eigenvalue weighted by Gasteiger charge is -2.41. The summed E-state index contributed by atoms with van der Waals surface area (Å²) < 4.78 is 0.935. The number of benzene rings is 3. The van der Waals surface area contributed by atoms with Crippen LogP contribution in [0.2, 0.25) is 0 Å². The number of aliphatic hydroxyl groups is 1. The first kappa shape index (κ1) is 21.4. The summed E-state index contributed by atoms with van der Waals surface area (Å²) in [6.07, 6.45) is 1.94. The Labute approximate surface area is 201 Å².